The maximum Gasteiger partial charge on any atom is 1.00 e. The summed E-state index contributed by atoms with van der Waals surface area (Å²) in [6.45, 7) is 4.44. The zero-order chi connectivity index (χ0) is 8.81. The van der Waals surface area contributed by atoms with Gasteiger partial charge in [0.15, 0.2) is 0 Å². The monoisotopic (exact) mass is 176 g/mol. The van der Waals surface area contributed by atoms with Crippen LogP contribution in [0, 0.1) is 5.92 Å². The van der Waals surface area contributed by atoms with Crippen molar-refractivity contribution in [2.45, 2.75) is 20.3 Å². The predicted molar refractivity (Wildman–Crippen MR) is 57.2 cm³/mol. The molecule has 0 aliphatic carbocycles. The second-order valence-corrected chi connectivity index (χ2v) is 3.16. The van der Waals surface area contributed by atoms with Crippen molar-refractivity contribution in [3.8, 4) is 0 Å². The molecule has 1 atom stereocenters. The summed E-state index contributed by atoms with van der Waals surface area (Å²) in [7, 11) is 0. The Bertz CT molecular complexity index is 250. The Labute approximate surface area is 114 Å². The van der Waals surface area contributed by atoms with Crippen molar-refractivity contribution < 1.29 is 40.6 Å². The molecule has 0 amide bonds. The normalized spacial score (nSPS) is 11.6. The SMILES string of the molecule is CCC(C)C=Cc1ccccc1.[H-].[H-].[Li+].[Li+]. The van der Waals surface area contributed by atoms with E-state index in [0.29, 0.717) is 5.92 Å². The van der Waals surface area contributed by atoms with Crippen molar-refractivity contribution >= 4 is 6.08 Å². The van der Waals surface area contributed by atoms with Gasteiger partial charge in [0.2, 0.25) is 0 Å². The minimum atomic E-state index is 0. The van der Waals surface area contributed by atoms with Gasteiger partial charge in [0.1, 0.15) is 0 Å². The van der Waals surface area contributed by atoms with Crippen molar-refractivity contribution in [2.75, 3.05) is 0 Å². The minimum Gasteiger partial charge on any atom is -1.00 e. The molecule has 1 aromatic rings. The van der Waals surface area contributed by atoms with Crippen LogP contribution in [0.1, 0.15) is 28.7 Å². The average Bonchev–Trinajstić information content (AvgIpc) is 2.16. The molecular weight excluding hydrogens is 158 g/mol. The van der Waals surface area contributed by atoms with Crippen LogP contribution in [0.4, 0.5) is 0 Å². The number of hydrogen-bond acceptors (Lipinski definition) is 0. The Hall–Kier alpha value is 0.155. The van der Waals surface area contributed by atoms with E-state index in [0.717, 1.165) is 0 Å². The summed E-state index contributed by atoms with van der Waals surface area (Å²) in [4.78, 5) is 0. The Morgan fingerprint density at radius 3 is 2.29 bits per heavy atom. The van der Waals surface area contributed by atoms with Crippen molar-refractivity contribution in [3.05, 3.63) is 42.0 Å². The molecule has 0 heterocycles. The first-order valence-electron chi connectivity index (χ1n) is 4.56. The van der Waals surface area contributed by atoms with Crippen molar-refractivity contribution in [2.24, 2.45) is 5.92 Å². The summed E-state index contributed by atoms with van der Waals surface area (Å²) in [6.07, 6.45) is 5.66. The van der Waals surface area contributed by atoms with Crippen LogP contribution < -0.4 is 37.7 Å². The van der Waals surface area contributed by atoms with Gasteiger partial charge in [-0.1, -0.05) is 62.8 Å². The zero-order valence-electron chi connectivity index (χ0n) is 11.8. The molecule has 0 aliphatic rings. The van der Waals surface area contributed by atoms with Gasteiger partial charge in [-0.2, -0.15) is 0 Å². The van der Waals surface area contributed by atoms with E-state index in [-0.39, 0.29) is 40.6 Å². The summed E-state index contributed by atoms with van der Waals surface area (Å²) in [5.74, 6) is 0.685. The molecule has 2 heteroatoms. The average molecular weight is 176 g/mol. The maximum absolute atomic E-state index is 2.26. The summed E-state index contributed by atoms with van der Waals surface area (Å²) >= 11 is 0. The van der Waals surface area contributed by atoms with Gasteiger partial charge >= 0.3 is 37.7 Å². The quantitative estimate of drug-likeness (QED) is 0.466. The molecule has 68 valence electrons. The molecule has 1 aromatic carbocycles. The van der Waals surface area contributed by atoms with Crippen LogP contribution in [0.3, 0.4) is 0 Å². The van der Waals surface area contributed by atoms with E-state index in [9.17, 15) is 0 Å². The van der Waals surface area contributed by atoms with Gasteiger partial charge < -0.3 is 2.85 Å². The number of rotatable bonds is 3. The van der Waals surface area contributed by atoms with Crippen molar-refractivity contribution in [1.82, 2.24) is 0 Å². The van der Waals surface area contributed by atoms with E-state index in [1.165, 1.54) is 12.0 Å². The van der Waals surface area contributed by atoms with Gasteiger partial charge in [0.05, 0.1) is 0 Å². The third kappa shape index (κ3) is 6.59. The third-order valence-electron chi connectivity index (χ3n) is 2.06. The van der Waals surface area contributed by atoms with E-state index >= 15 is 0 Å². The molecule has 0 aliphatic heterocycles. The van der Waals surface area contributed by atoms with Gasteiger partial charge in [-0.3, -0.25) is 0 Å². The second-order valence-electron chi connectivity index (χ2n) is 3.16. The van der Waals surface area contributed by atoms with Gasteiger partial charge in [0, 0.05) is 0 Å². The third-order valence-corrected chi connectivity index (χ3v) is 2.06. The molecule has 0 bridgehead atoms. The standard InChI is InChI=1S/C12H16.2Li.2H/c1-3-11(2)9-10-12-7-5-4-6-8-12;;;;/h4-11H,3H2,1-2H3;;;;/q;2*+1;2*-1. The first-order valence-corrected chi connectivity index (χ1v) is 4.56. The minimum absolute atomic E-state index is 0. The molecule has 0 saturated heterocycles. The summed E-state index contributed by atoms with van der Waals surface area (Å²) < 4.78 is 0. The molecule has 0 radical (unpaired) electrons. The zero-order valence-corrected chi connectivity index (χ0v) is 9.83. The molecule has 0 aromatic heterocycles. The number of allylic oxidation sites excluding steroid dienone is 1. The van der Waals surface area contributed by atoms with Crippen molar-refractivity contribution in [3.63, 3.8) is 0 Å². The van der Waals surface area contributed by atoms with Crippen LogP contribution in [0.5, 0.6) is 0 Å². The van der Waals surface area contributed by atoms with Crippen LogP contribution in [-0.4, -0.2) is 0 Å². The fourth-order valence-electron chi connectivity index (χ4n) is 0.976. The number of benzene rings is 1. The fraction of sp³-hybridized carbons (Fsp3) is 0.333. The van der Waals surface area contributed by atoms with Crippen LogP contribution in [-0.2, 0) is 0 Å². The Balaban J connectivity index is -0.000000180. The van der Waals surface area contributed by atoms with Crippen LogP contribution in [0.2, 0.25) is 0 Å². The van der Waals surface area contributed by atoms with Crippen molar-refractivity contribution in [1.29, 1.82) is 0 Å². The summed E-state index contributed by atoms with van der Waals surface area (Å²) in [5.41, 5.74) is 1.29. The van der Waals surface area contributed by atoms with E-state index in [4.69, 9.17) is 0 Å². The first kappa shape index (κ1) is 16.6. The van der Waals surface area contributed by atoms with Crippen LogP contribution >= 0.6 is 0 Å². The molecule has 0 nitrogen and oxygen atoms in total. The molecule has 0 N–H and O–H groups in total. The van der Waals surface area contributed by atoms with Gasteiger partial charge in [-0.25, -0.2) is 0 Å². The maximum atomic E-state index is 2.26. The summed E-state index contributed by atoms with van der Waals surface area (Å²) in [6, 6.07) is 10.4. The molecule has 14 heavy (non-hydrogen) atoms. The molecular formula is C12H18Li2. The Kier molecular flexibility index (Phi) is 11.5. The van der Waals surface area contributed by atoms with Crippen LogP contribution in [0.25, 0.3) is 6.08 Å². The Morgan fingerprint density at radius 1 is 1.21 bits per heavy atom. The predicted octanol–water partition coefficient (Wildman–Crippen LogP) is -2.02. The second kappa shape index (κ2) is 9.70. The van der Waals surface area contributed by atoms with E-state index < -0.39 is 0 Å². The fourth-order valence-corrected chi connectivity index (χ4v) is 0.976. The summed E-state index contributed by atoms with van der Waals surface area (Å²) in [5, 5.41) is 0. The van der Waals surface area contributed by atoms with Gasteiger partial charge in [-0.05, 0) is 11.5 Å². The molecule has 0 fully saturated rings. The number of hydrogen-bond donors (Lipinski definition) is 0. The Morgan fingerprint density at radius 2 is 1.79 bits per heavy atom. The van der Waals surface area contributed by atoms with E-state index in [2.05, 4.69) is 50.3 Å². The van der Waals surface area contributed by atoms with Gasteiger partial charge in [0.25, 0.3) is 0 Å². The molecule has 1 rings (SSSR count). The smallest absolute Gasteiger partial charge is 1.00 e. The van der Waals surface area contributed by atoms with Crippen LogP contribution in [0.15, 0.2) is 36.4 Å². The largest absolute Gasteiger partial charge is 1.00 e. The molecule has 0 spiro atoms. The van der Waals surface area contributed by atoms with E-state index in [1.54, 1.807) is 0 Å². The molecule has 1 unspecified atom stereocenters. The molecule has 0 saturated carbocycles. The first-order chi connectivity index (χ1) is 5.83. The van der Waals surface area contributed by atoms with Gasteiger partial charge in [-0.15, -0.1) is 0 Å². The topological polar surface area (TPSA) is 0 Å². The van der Waals surface area contributed by atoms with E-state index in [1.807, 2.05) is 6.07 Å².